The van der Waals surface area contributed by atoms with Crippen LogP contribution in [-0.4, -0.2) is 16.1 Å². The summed E-state index contributed by atoms with van der Waals surface area (Å²) < 4.78 is 0. The van der Waals surface area contributed by atoms with E-state index in [2.05, 4.69) is 47.4 Å². The second-order valence-corrected chi connectivity index (χ2v) is 6.68. The third-order valence-electron chi connectivity index (χ3n) is 4.35. The number of benzene rings is 2. The monoisotopic (exact) mass is 309 g/mol. The van der Waals surface area contributed by atoms with Gasteiger partial charge in [0.25, 0.3) is 0 Å². The summed E-state index contributed by atoms with van der Waals surface area (Å²) in [7, 11) is 0. The maximum Gasteiger partial charge on any atom is 0.309 e. The highest BCUT2D eigenvalue weighted by atomic mass is 32.1. The third kappa shape index (κ3) is 2.11. The molecule has 1 aliphatic carbocycles. The summed E-state index contributed by atoms with van der Waals surface area (Å²) in [5.74, 6) is -0.827. The number of hydrogen-bond acceptors (Lipinski definition) is 3. The Morgan fingerprint density at radius 3 is 2.73 bits per heavy atom. The molecule has 0 atom stereocenters. The van der Waals surface area contributed by atoms with Gasteiger partial charge in [-0.25, -0.2) is 4.98 Å². The summed E-state index contributed by atoms with van der Waals surface area (Å²) in [5.41, 5.74) is 1.98. The minimum Gasteiger partial charge on any atom is -0.481 e. The van der Waals surface area contributed by atoms with Gasteiger partial charge in [-0.3, -0.25) is 4.79 Å². The lowest BCUT2D eigenvalue weighted by atomic mass is 9.91. The van der Waals surface area contributed by atoms with E-state index >= 15 is 0 Å². The van der Waals surface area contributed by atoms with E-state index in [1.165, 1.54) is 16.3 Å². The standard InChI is InChI=1S/C18H15NO2S/c20-16(21)10-13-11-22-17(19-13)18(8-9-18)15-7-3-5-12-4-1-2-6-14(12)15/h1-7,11H,8-10H2,(H,20,21). The van der Waals surface area contributed by atoms with Crippen LogP contribution in [-0.2, 0) is 16.6 Å². The lowest BCUT2D eigenvalue weighted by molar-refractivity contribution is -0.136. The van der Waals surface area contributed by atoms with Crippen LogP contribution in [0.3, 0.4) is 0 Å². The van der Waals surface area contributed by atoms with Crippen molar-refractivity contribution in [1.29, 1.82) is 0 Å². The Balaban J connectivity index is 1.80. The second-order valence-electron chi connectivity index (χ2n) is 5.82. The Bertz CT molecular complexity index is 859. The van der Waals surface area contributed by atoms with Crippen molar-refractivity contribution in [2.24, 2.45) is 0 Å². The van der Waals surface area contributed by atoms with Crippen LogP contribution in [0.1, 0.15) is 29.1 Å². The average Bonchev–Trinajstić information content (AvgIpc) is 3.20. The summed E-state index contributed by atoms with van der Waals surface area (Å²) in [4.78, 5) is 15.5. The number of aliphatic carboxylic acids is 1. The predicted molar refractivity (Wildman–Crippen MR) is 87.4 cm³/mol. The molecule has 0 spiro atoms. The lowest BCUT2D eigenvalue weighted by Crippen LogP contribution is -2.09. The summed E-state index contributed by atoms with van der Waals surface area (Å²) in [6, 6.07) is 14.8. The molecule has 1 fully saturated rings. The summed E-state index contributed by atoms with van der Waals surface area (Å²) in [5, 5.41) is 14.4. The zero-order valence-corrected chi connectivity index (χ0v) is 12.8. The largest absolute Gasteiger partial charge is 0.481 e. The molecule has 0 saturated heterocycles. The molecule has 4 rings (SSSR count). The molecule has 0 unspecified atom stereocenters. The molecule has 2 aromatic carbocycles. The van der Waals surface area contributed by atoms with Gasteiger partial charge in [-0.15, -0.1) is 11.3 Å². The molecule has 3 aromatic rings. The fourth-order valence-electron chi connectivity index (χ4n) is 3.13. The number of nitrogens with zero attached hydrogens (tertiary/aromatic N) is 1. The van der Waals surface area contributed by atoms with Gasteiger partial charge in [0.05, 0.1) is 12.1 Å². The summed E-state index contributed by atoms with van der Waals surface area (Å²) >= 11 is 1.59. The summed E-state index contributed by atoms with van der Waals surface area (Å²) in [6.07, 6.45) is 2.17. The Labute approximate surface area is 132 Å². The number of aromatic nitrogens is 1. The van der Waals surface area contributed by atoms with Crippen LogP contribution in [0.25, 0.3) is 10.8 Å². The number of rotatable bonds is 4. The SMILES string of the molecule is O=C(O)Cc1csc(C2(c3cccc4ccccc34)CC2)n1. The van der Waals surface area contributed by atoms with Crippen LogP contribution < -0.4 is 0 Å². The molecule has 1 aromatic heterocycles. The van der Waals surface area contributed by atoms with E-state index in [4.69, 9.17) is 5.11 Å². The normalized spacial score (nSPS) is 15.8. The van der Waals surface area contributed by atoms with E-state index < -0.39 is 5.97 Å². The topological polar surface area (TPSA) is 50.2 Å². The van der Waals surface area contributed by atoms with Crippen molar-refractivity contribution in [1.82, 2.24) is 4.98 Å². The van der Waals surface area contributed by atoms with E-state index in [1.807, 2.05) is 5.38 Å². The zero-order chi connectivity index (χ0) is 15.2. The summed E-state index contributed by atoms with van der Waals surface area (Å²) in [6.45, 7) is 0. The van der Waals surface area contributed by atoms with Gasteiger partial charge in [0.2, 0.25) is 0 Å². The van der Waals surface area contributed by atoms with Gasteiger partial charge in [-0.2, -0.15) is 0 Å². The Morgan fingerprint density at radius 1 is 1.18 bits per heavy atom. The minimum atomic E-state index is -0.827. The van der Waals surface area contributed by atoms with Crippen LogP contribution in [0.2, 0.25) is 0 Å². The van der Waals surface area contributed by atoms with Crippen molar-refractivity contribution in [2.45, 2.75) is 24.7 Å². The smallest absolute Gasteiger partial charge is 0.309 e. The van der Waals surface area contributed by atoms with Crippen LogP contribution in [0.4, 0.5) is 0 Å². The quantitative estimate of drug-likeness (QED) is 0.792. The highest BCUT2D eigenvalue weighted by Crippen LogP contribution is 2.55. The first-order chi connectivity index (χ1) is 10.7. The second kappa shape index (κ2) is 4.92. The molecular formula is C18H15NO2S. The molecule has 0 bridgehead atoms. The number of carboxylic acids is 1. The fourth-order valence-corrected chi connectivity index (χ4v) is 4.22. The first-order valence-electron chi connectivity index (χ1n) is 7.34. The molecule has 0 aliphatic heterocycles. The first-order valence-corrected chi connectivity index (χ1v) is 8.22. The van der Waals surface area contributed by atoms with Crippen LogP contribution in [0.15, 0.2) is 47.8 Å². The van der Waals surface area contributed by atoms with Crippen LogP contribution in [0, 0.1) is 0 Å². The van der Waals surface area contributed by atoms with E-state index in [9.17, 15) is 4.79 Å². The molecule has 3 nitrogen and oxygen atoms in total. The Morgan fingerprint density at radius 2 is 1.95 bits per heavy atom. The highest BCUT2D eigenvalue weighted by molar-refractivity contribution is 7.10. The number of thiazole rings is 1. The van der Waals surface area contributed by atoms with Crippen molar-refractivity contribution in [3.8, 4) is 0 Å². The number of hydrogen-bond donors (Lipinski definition) is 1. The molecule has 1 aliphatic rings. The number of carbonyl (C=O) groups is 1. The average molecular weight is 309 g/mol. The molecule has 0 radical (unpaired) electrons. The Kier molecular flexibility index (Phi) is 3.01. The van der Waals surface area contributed by atoms with Gasteiger partial charge in [-0.1, -0.05) is 42.5 Å². The molecular weight excluding hydrogens is 294 g/mol. The molecule has 4 heteroatoms. The van der Waals surface area contributed by atoms with Gasteiger partial charge in [0, 0.05) is 10.8 Å². The van der Waals surface area contributed by atoms with Crippen LogP contribution >= 0.6 is 11.3 Å². The van der Waals surface area contributed by atoms with E-state index in [0.29, 0.717) is 5.69 Å². The maximum absolute atomic E-state index is 10.9. The van der Waals surface area contributed by atoms with Gasteiger partial charge in [0.15, 0.2) is 0 Å². The molecule has 1 saturated carbocycles. The zero-order valence-electron chi connectivity index (χ0n) is 12.0. The maximum atomic E-state index is 10.9. The van der Waals surface area contributed by atoms with Crippen molar-refractivity contribution < 1.29 is 9.90 Å². The van der Waals surface area contributed by atoms with E-state index in [1.54, 1.807) is 11.3 Å². The first kappa shape index (κ1) is 13.5. The van der Waals surface area contributed by atoms with Gasteiger partial charge in [-0.05, 0) is 29.2 Å². The van der Waals surface area contributed by atoms with Gasteiger partial charge >= 0.3 is 5.97 Å². The molecule has 1 N–H and O–H groups in total. The Hall–Kier alpha value is -2.20. The third-order valence-corrected chi connectivity index (χ3v) is 5.44. The van der Waals surface area contributed by atoms with Crippen molar-refractivity contribution in [3.05, 3.63) is 64.1 Å². The van der Waals surface area contributed by atoms with Gasteiger partial charge in [0.1, 0.15) is 5.01 Å². The lowest BCUT2D eigenvalue weighted by Gasteiger charge is -2.15. The molecule has 0 amide bonds. The van der Waals surface area contributed by atoms with Crippen LogP contribution in [0.5, 0.6) is 0 Å². The fraction of sp³-hybridized carbons (Fsp3) is 0.222. The predicted octanol–water partition coefficient (Wildman–Crippen LogP) is 4.00. The molecule has 1 heterocycles. The van der Waals surface area contributed by atoms with Crippen molar-refractivity contribution in [3.63, 3.8) is 0 Å². The molecule has 110 valence electrons. The number of carboxylic acid groups (broad SMARTS) is 1. The molecule has 22 heavy (non-hydrogen) atoms. The van der Waals surface area contributed by atoms with Crippen molar-refractivity contribution in [2.75, 3.05) is 0 Å². The van der Waals surface area contributed by atoms with Gasteiger partial charge < -0.3 is 5.11 Å². The van der Waals surface area contributed by atoms with E-state index in [-0.39, 0.29) is 11.8 Å². The highest BCUT2D eigenvalue weighted by Gasteiger charge is 2.49. The number of fused-ring (bicyclic) bond motifs is 1. The van der Waals surface area contributed by atoms with E-state index in [0.717, 1.165) is 17.8 Å². The minimum absolute atomic E-state index is 0.00210. The van der Waals surface area contributed by atoms with Crippen molar-refractivity contribution >= 4 is 28.1 Å².